The Hall–Kier alpha value is -2.68. The van der Waals surface area contributed by atoms with Crippen LogP contribution < -0.4 is 9.80 Å². The summed E-state index contributed by atoms with van der Waals surface area (Å²) in [4.78, 5) is 21.5. The third kappa shape index (κ3) is 6.12. The molecule has 3 fully saturated rings. The number of halogens is 1. The van der Waals surface area contributed by atoms with Crippen LogP contribution in [0.15, 0.2) is 42.5 Å². The first-order valence-corrected chi connectivity index (χ1v) is 12.9. The largest absolute Gasteiger partial charge is 0.377 e. The van der Waals surface area contributed by atoms with Crippen molar-refractivity contribution in [3.8, 4) is 0 Å². The van der Waals surface area contributed by atoms with Crippen molar-refractivity contribution in [3.05, 3.63) is 53.1 Å². The molecule has 1 atom stereocenters. The highest BCUT2D eigenvalue weighted by Crippen LogP contribution is 2.20. The SMILES string of the molecule is O=C(/C=C/c1ccccc1Cl)N1CCN(c2ccc(N3CCN(CC4CCCO4)CC3)nn2)CC1. The topological polar surface area (TPSA) is 65.0 Å². The minimum Gasteiger partial charge on any atom is -0.377 e. The number of anilines is 2. The molecule has 0 bridgehead atoms. The molecule has 0 radical (unpaired) electrons. The van der Waals surface area contributed by atoms with Gasteiger partial charge in [-0.25, -0.2) is 0 Å². The van der Waals surface area contributed by atoms with Crippen LogP contribution in [-0.4, -0.2) is 97.5 Å². The van der Waals surface area contributed by atoms with Gasteiger partial charge >= 0.3 is 0 Å². The lowest BCUT2D eigenvalue weighted by molar-refractivity contribution is -0.126. The minimum absolute atomic E-state index is 0.00429. The van der Waals surface area contributed by atoms with Crippen LogP contribution in [0, 0.1) is 0 Å². The van der Waals surface area contributed by atoms with Gasteiger partial charge in [-0.05, 0) is 42.7 Å². The van der Waals surface area contributed by atoms with Gasteiger partial charge in [0.05, 0.1) is 6.10 Å². The minimum atomic E-state index is 0.00429. The second-order valence-corrected chi connectivity index (χ2v) is 9.75. The van der Waals surface area contributed by atoms with E-state index < -0.39 is 0 Å². The van der Waals surface area contributed by atoms with Crippen LogP contribution in [0.5, 0.6) is 0 Å². The summed E-state index contributed by atoms with van der Waals surface area (Å²) in [5, 5.41) is 9.66. The van der Waals surface area contributed by atoms with Crippen molar-refractivity contribution >= 4 is 35.2 Å². The van der Waals surface area contributed by atoms with E-state index in [2.05, 4.69) is 37.0 Å². The van der Waals surface area contributed by atoms with Crippen LogP contribution >= 0.6 is 11.6 Å². The third-order valence-corrected chi connectivity index (χ3v) is 7.39. The number of benzene rings is 1. The van der Waals surface area contributed by atoms with Gasteiger partial charge in [-0.2, -0.15) is 0 Å². The van der Waals surface area contributed by atoms with Gasteiger partial charge in [-0.15, -0.1) is 10.2 Å². The number of aromatic nitrogens is 2. The number of piperazine rings is 2. The molecule has 1 aromatic heterocycles. The van der Waals surface area contributed by atoms with Crippen molar-refractivity contribution in [3.63, 3.8) is 0 Å². The Morgan fingerprint density at radius 2 is 1.60 bits per heavy atom. The smallest absolute Gasteiger partial charge is 0.246 e. The number of hydrogen-bond acceptors (Lipinski definition) is 7. The second kappa shape index (κ2) is 11.4. The zero-order valence-electron chi connectivity index (χ0n) is 20.1. The molecule has 9 heteroatoms. The van der Waals surface area contributed by atoms with Crippen LogP contribution in [0.4, 0.5) is 11.6 Å². The van der Waals surface area contributed by atoms with Gasteiger partial charge in [-0.3, -0.25) is 9.69 Å². The lowest BCUT2D eigenvalue weighted by atomic mass is 10.2. The second-order valence-electron chi connectivity index (χ2n) is 9.34. The summed E-state index contributed by atoms with van der Waals surface area (Å²) in [5.41, 5.74) is 0.848. The molecule has 0 N–H and O–H groups in total. The van der Waals surface area contributed by atoms with E-state index in [4.69, 9.17) is 16.3 Å². The Labute approximate surface area is 212 Å². The first-order valence-electron chi connectivity index (χ1n) is 12.5. The molecule has 0 aliphatic carbocycles. The quantitative estimate of drug-likeness (QED) is 0.570. The Kier molecular flexibility index (Phi) is 7.81. The molecule has 3 aliphatic heterocycles. The summed E-state index contributed by atoms with van der Waals surface area (Å²) in [5.74, 6) is 1.80. The summed E-state index contributed by atoms with van der Waals surface area (Å²) in [7, 11) is 0. The zero-order chi connectivity index (χ0) is 24.0. The van der Waals surface area contributed by atoms with Gasteiger partial charge in [0.2, 0.25) is 5.91 Å². The van der Waals surface area contributed by atoms with E-state index in [1.54, 1.807) is 12.2 Å². The lowest BCUT2D eigenvalue weighted by Crippen LogP contribution is -2.49. The molecular formula is C26H33ClN6O2. The molecule has 0 spiro atoms. The fraction of sp³-hybridized carbons (Fsp3) is 0.500. The molecule has 2 aromatic rings. The molecule has 8 nitrogen and oxygen atoms in total. The number of nitrogens with zero attached hydrogens (tertiary/aromatic N) is 6. The Bertz CT molecular complexity index is 1010. The predicted molar refractivity (Wildman–Crippen MR) is 139 cm³/mol. The molecule has 186 valence electrons. The molecule has 3 saturated heterocycles. The van der Waals surface area contributed by atoms with Gasteiger partial charge in [0.15, 0.2) is 11.6 Å². The number of carbonyl (C=O) groups is 1. The third-order valence-electron chi connectivity index (χ3n) is 7.04. The highest BCUT2D eigenvalue weighted by atomic mass is 35.5. The lowest BCUT2D eigenvalue weighted by Gasteiger charge is -2.36. The highest BCUT2D eigenvalue weighted by molar-refractivity contribution is 6.32. The maximum Gasteiger partial charge on any atom is 0.246 e. The van der Waals surface area contributed by atoms with E-state index in [0.717, 1.165) is 69.6 Å². The average Bonchev–Trinajstić information content (AvgIpc) is 3.42. The molecule has 1 unspecified atom stereocenters. The maximum atomic E-state index is 12.6. The standard InChI is InChI=1S/C26H33ClN6O2/c27-23-6-2-1-4-21(23)7-10-26(34)33-17-15-32(16-18-33)25-9-8-24(28-29-25)31-13-11-30(12-14-31)20-22-5-3-19-35-22/h1-2,4,6-10,22H,3,5,11-20H2/b10-7+. The number of amides is 1. The number of ether oxygens (including phenoxy) is 1. The first-order chi connectivity index (χ1) is 17.2. The summed E-state index contributed by atoms with van der Waals surface area (Å²) >= 11 is 6.17. The van der Waals surface area contributed by atoms with Gasteiger partial charge < -0.3 is 19.4 Å². The predicted octanol–water partition coefficient (Wildman–Crippen LogP) is 2.79. The van der Waals surface area contributed by atoms with Crippen molar-refractivity contribution < 1.29 is 9.53 Å². The highest BCUT2D eigenvalue weighted by Gasteiger charge is 2.24. The van der Waals surface area contributed by atoms with Crippen LogP contribution in [0.3, 0.4) is 0 Å². The van der Waals surface area contributed by atoms with E-state index in [-0.39, 0.29) is 5.91 Å². The zero-order valence-corrected chi connectivity index (χ0v) is 20.8. The normalized spacial score (nSPS) is 21.7. The van der Waals surface area contributed by atoms with Gasteiger partial charge in [0, 0.05) is 76.6 Å². The van der Waals surface area contributed by atoms with Crippen molar-refractivity contribution in [2.24, 2.45) is 0 Å². The van der Waals surface area contributed by atoms with Crippen molar-refractivity contribution in [2.75, 3.05) is 75.3 Å². The fourth-order valence-corrected chi connectivity index (χ4v) is 5.12. The number of hydrogen-bond donors (Lipinski definition) is 0. The molecular weight excluding hydrogens is 464 g/mol. The van der Waals surface area contributed by atoms with E-state index in [1.807, 2.05) is 29.2 Å². The molecule has 5 rings (SSSR count). The van der Waals surface area contributed by atoms with Crippen molar-refractivity contribution in [1.82, 2.24) is 20.0 Å². The Morgan fingerprint density at radius 1 is 0.943 bits per heavy atom. The molecule has 1 aromatic carbocycles. The van der Waals surface area contributed by atoms with Crippen molar-refractivity contribution in [1.29, 1.82) is 0 Å². The van der Waals surface area contributed by atoms with Crippen molar-refractivity contribution in [2.45, 2.75) is 18.9 Å². The van der Waals surface area contributed by atoms with Gasteiger partial charge in [0.1, 0.15) is 0 Å². The average molecular weight is 497 g/mol. The van der Waals surface area contributed by atoms with E-state index >= 15 is 0 Å². The first kappa shape index (κ1) is 24.0. The van der Waals surface area contributed by atoms with Crippen LogP contribution in [0.2, 0.25) is 5.02 Å². The summed E-state index contributed by atoms with van der Waals surface area (Å²) < 4.78 is 5.78. The molecule has 0 saturated carbocycles. The van der Waals surface area contributed by atoms with E-state index in [9.17, 15) is 4.79 Å². The van der Waals surface area contributed by atoms with Gasteiger partial charge in [0.25, 0.3) is 0 Å². The summed E-state index contributed by atoms with van der Waals surface area (Å²) in [6.45, 7) is 8.73. The van der Waals surface area contributed by atoms with Crippen LogP contribution in [-0.2, 0) is 9.53 Å². The molecule has 1 amide bonds. The Morgan fingerprint density at radius 3 is 2.20 bits per heavy atom. The fourth-order valence-electron chi connectivity index (χ4n) is 4.92. The van der Waals surface area contributed by atoms with E-state index in [0.29, 0.717) is 24.2 Å². The molecule has 35 heavy (non-hydrogen) atoms. The van der Waals surface area contributed by atoms with Gasteiger partial charge in [-0.1, -0.05) is 29.8 Å². The van der Waals surface area contributed by atoms with E-state index in [1.165, 1.54) is 12.8 Å². The van der Waals surface area contributed by atoms with Crippen LogP contribution in [0.25, 0.3) is 6.08 Å². The summed E-state index contributed by atoms with van der Waals surface area (Å²) in [6.07, 6.45) is 6.18. The Balaban J connectivity index is 1.08. The maximum absolute atomic E-state index is 12.6. The number of rotatable bonds is 6. The van der Waals surface area contributed by atoms with Crippen LogP contribution in [0.1, 0.15) is 18.4 Å². The summed E-state index contributed by atoms with van der Waals surface area (Å²) in [6, 6.07) is 11.6. The molecule has 4 heterocycles. The number of carbonyl (C=O) groups excluding carboxylic acids is 1. The molecule has 3 aliphatic rings. The monoisotopic (exact) mass is 496 g/mol.